The molecule has 33 heavy (non-hydrogen) atoms. The lowest BCUT2D eigenvalue weighted by Crippen LogP contribution is -2.52. The molecule has 0 radical (unpaired) electrons. The molecule has 0 spiro atoms. The van der Waals surface area contributed by atoms with Crippen LogP contribution in [0.2, 0.25) is 10.0 Å². The van der Waals surface area contributed by atoms with Gasteiger partial charge in [-0.1, -0.05) is 41.4 Å². The molecule has 0 bridgehead atoms. The normalized spacial score (nSPS) is 21.9. The molecule has 2 aromatic rings. The number of halogens is 2. The molecule has 0 aromatic heterocycles. The number of likely N-dealkylation sites (N-methyl/N-ethyl adjacent to an activating group) is 1. The van der Waals surface area contributed by atoms with Gasteiger partial charge in [-0.2, -0.15) is 0 Å². The first-order valence-corrected chi connectivity index (χ1v) is 10.8. The van der Waals surface area contributed by atoms with E-state index >= 15 is 0 Å². The Kier molecular flexibility index (Phi) is 5.94. The zero-order valence-electron chi connectivity index (χ0n) is 17.7. The zero-order chi connectivity index (χ0) is 23.9. The van der Waals surface area contributed by atoms with Gasteiger partial charge >= 0.3 is 6.03 Å². The van der Waals surface area contributed by atoms with E-state index in [1.165, 1.54) is 24.9 Å². The van der Waals surface area contributed by atoms with Gasteiger partial charge in [0.1, 0.15) is 17.8 Å². The average molecular weight is 491 g/mol. The second kappa shape index (κ2) is 8.57. The fourth-order valence-electron chi connectivity index (χ4n) is 3.91. The number of carbonyl (C=O) groups is 4. The Morgan fingerprint density at radius 2 is 1.94 bits per heavy atom. The van der Waals surface area contributed by atoms with Crippen molar-refractivity contribution in [2.75, 3.05) is 25.0 Å². The maximum Gasteiger partial charge on any atom is 0.325 e. The van der Waals surface area contributed by atoms with Gasteiger partial charge in [0.25, 0.3) is 11.8 Å². The van der Waals surface area contributed by atoms with Crippen molar-refractivity contribution < 1.29 is 23.9 Å². The first-order valence-electron chi connectivity index (χ1n) is 10.0. The Morgan fingerprint density at radius 1 is 1.21 bits per heavy atom. The number of anilines is 1. The molecule has 2 N–H and O–H groups in total. The summed E-state index contributed by atoms with van der Waals surface area (Å²) in [6, 6.07) is 10.6. The van der Waals surface area contributed by atoms with Gasteiger partial charge in [-0.15, -0.1) is 0 Å². The van der Waals surface area contributed by atoms with Gasteiger partial charge in [0, 0.05) is 22.7 Å². The van der Waals surface area contributed by atoms with E-state index < -0.39 is 41.9 Å². The standard InChI is InChI=1S/C22H20Cl2N4O5/c1-22(13-8-7-12(23)9-14(13)24)20(31)28(21(32)26-22)11-18(29)27-10-17(19(30)25-2)33-16-6-4-3-5-15(16)27/h3-9,17H,10-11H2,1-2H3,(H,25,30)(H,26,32). The fraction of sp³-hybridized carbons (Fsp3) is 0.273. The predicted molar refractivity (Wildman–Crippen MR) is 121 cm³/mol. The number of urea groups is 1. The minimum absolute atomic E-state index is 0.0700. The number of hydrogen-bond acceptors (Lipinski definition) is 5. The molecular formula is C22H20Cl2N4O5. The summed E-state index contributed by atoms with van der Waals surface area (Å²) in [5.74, 6) is -1.23. The Morgan fingerprint density at radius 3 is 2.64 bits per heavy atom. The van der Waals surface area contributed by atoms with Gasteiger partial charge in [-0.3, -0.25) is 19.3 Å². The van der Waals surface area contributed by atoms with Crippen LogP contribution in [-0.4, -0.2) is 54.9 Å². The number of amides is 5. The highest BCUT2D eigenvalue weighted by Gasteiger charge is 2.51. The minimum atomic E-state index is -1.47. The van der Waals surface area contributed by atoms with E-state index in [4.69, 9.17) is 27.9 Å². The summed E-state index contributed by atoms with van der Waals surface area (Å²) in [6.07, 6.45) is -0.935. The summed E-state index contributed by atoms with van der Waals surface area (Å²) in [6.45, 7) is 0.915. The molecule has 2 aliphatic heterocycles. The molecule has 2 heterocycles. The molecule has 0 saturated carbocycles. The number of nitrogens with zero attached hydrogens (tertiary/aromatic N) is 2. The number of rotatable bonds is 4. The average Bonchev–Trinajstić information content (AvgIpc) is 3.01. The molecule has 4 rings (SSSR count). The lowest BCUT2D eigenvalue weighted by Gasteiger charge is -2.34. The van der Waals surface area contributed by atoms with Gasteiger partial charge in [0.05, 0.1) is 12.2 Å². The van der Waals surface area contributed by atoms with Crippen LogP contribution in [0.15, 0.2) is 42.5 Å². The highest BCUT2D eigenvalue weighted by atomic mass is 35.5. The van der Waals surface area contributed by atoms with Crippen LogP contribution in [0.25, 0.3) is 0 Å². The van der Waals surface area contributed by atoms with E-state index in [0.29, 0.717) is 22.0 Å². The SMILES string of the molecule is CNC(=O)C1CN(C(=O)CN2C(=O)NC(C)(c3ccc(Cl)cc3Cl)C2=O)c2ccccc2O1. The van der Waals surface area contributed by atoms with Crippen molar-refractivity contribution in [3.05, 3.63) is 58.1 Å². The van der Waals surface area contributed by atoms with Crippen LogP contribution in [-0.2, 0) is 19.9 Å². The summed E-state index contributed by atoms with van der Waals surface area (Å²) in [5, 5.41) is 5.71. The Bertz CT molecular complexity index is 1170. The third-order valence-corrected chi connectivity index (χ3v) is 6.20. The van der Waals surface area contributed by atoms with Crippen LogP contribution in [0.1, 0.15) is 12.5 Å². The second-order valence-corrected chi connectivity index (χ2v) is 8.61. The molecule has 1 fully saturated rings. The number of imide groups is 1. The van der Waals surface area contributed by atoms with E-state index in [2.05, 4.69) is 10.6 Å². The van der Waals surface area contributed by atoms with E-state index in [-0.39, 0.29) is 11.6 Å². The first kappa shape index (κ1) is 22.9. The molecule has 2 unspecified atom stereocenters. The number of hydrogen-bond donors (Lipinski definition) is 2. The number of fused-ring (bicyclic) bond motifs is 1. The maximum absolute atomic E-state index is 13.2. The van der Waals surface area contributed by atoms with Crippen molar-refractivity contribution in [1.29, 1.82) is 0 Å². The van der Waals surface area contributed by atoms with E-state index in [1.807, 2.05) is 0 Å². The molecule has 2 aromatic carbocycles. The minimum Gasteiger partial charge on any atom is -0.477 e. The van der Waals surface area contributed by atoms with Crippen molar-refractivity contribution in [3.63, 3.8) is 0 Å². The third-order valence-electron chi connectivity index (χ3n) is 5.65. The van der Waals surface area contributed by atoms with Gasteiger partial charge < -0.3 is 20.3 Å². The fourth-order valence-corrected chi connectivity index (χ4v) is 4.50. The molecule has 5 amide bonds. The smallest absolute Gasteiger partial charge is 0.325 e. The van der Waals surface area contributed by atoms with E-state index in [1.54, 1.807) is 36.4 Å². The summed E-state index contributed by atoms with van der Waals surface area (Å²) in [4.78, 5) is 53.5. The molecule has 9 nitrogen and oxygen atoms in total. The Balaban J connectivity index is 1.60. The molecule has 2 aliphatic rings. The van der Waals surface area contributed by atoms with E-state index in [0.717, 1.165) is 4.90 Å². The molecule has 1 saturated heterocycles. The van der Waals surface area contributed by atoms with Crippen molar-refractivity contribution in [1.82, 2.24) is 15.5 Å². The molecule has 11 heteroatoms. The van der Waals surface area contributed by atoms with Gasteiger partial charge in [-0.25, -0.2) is 4.79 Å². The first-order chi connectivity index (χ1) is 15.7. The lowest BCUT2D eigenvalue weighted by atomic mass is 9.92. The second-order valence-electron chi connectivity index (χ2n) is 7.76. The lowest BCUT2D eigenvalue weighted by molar-refractivity contribution is -0.134. The van der Waals surface area contributed by atoms with Crippen LogP contribution in [0, 0.1) is 0 Å². The van der Waals surface area contributed by atoms with Crippen molar-refractivity contribution in [2.24, 2.45) is 0 Å². The predicted octanol–water partition coefficient (Wildman–Crippen LogP) is 2.30. The van der Waals surface area contributed by atoms with Crippen LogP contribution in [0.4, 0.5) is 10.5 Å². The molecule has 0 aliphatic carbocycles. The van der Waals surface area contributed by atoms with Gasteiger partial charge in [-0.05, 0) is 31.2 Å². The topological polar surface area (TPSA) is 108 Å². The number of benzene rings is 2. The number of carbonyl (C=O) groups excluding carboxylic acids is 4. The molecular weight excluding hydrogens is 471 g/mol. The summed E-state index contributed by atoms with van der Waals surface area (Å²) in [7, 11) is 1.47. The van der Waals surface area contributed by atoms with Crippen molar-refractivity contribution in [3.8, 4) is 5.75 Å². The largest absolute Gasteiger partial charge is 0.477 e. The zero-order valence-corrected chi connectivity index (χ0v) is 19.2. The van der Waals surface area contributed by atoms with Crippen LogP contribution < -0.4 is 20.3 Å². The van der Waals surface area contributed by atoms with Crippen LogP contribution in [0.3, 0.4) is 0 Å². The third kappa shape index (κ3) is 3.98. The van der Waals surface area contributed by atoms with Crippen LogP contribution >= 0.6 is 23.2 Å². The van der Waals surface area contributed by atoms with E-state index in [9.17, 15) is 19.2 Å². The van der Waals surface area contributed by atoms with Crippen molar-refractivity contribution in [2.45, 2.75) is 18.6 Å². The number of nitrogens with one attached hydrogen (secondary N) is 2. The van der Waals surface area contributed by atoms with Crippen LogP contribution in [0.5, 0.6) is 5.75 Å². The monoisotopic (exact) mass is 490 g/mol. The molecule has 2 atom stereocenters. The summed E-state index contributed by atoms with van der Waals surface area (Å²) < 4.78 is 5.70. The Labute approximate surface area is 199 Å². The number of para-hydroxylation sites is 2. The highest BCUT2D eigenvalue weighted by molar-refractivity contribution is 6.35. The number of ether oxygens (including phenoxy) is 1. The summed E-state index contributed by atoms with van der Waals surface area (Å²) in [5.41, 5.74) is -0.663. The Hall–Kier alpha value is -3.30. The van der Waals surface area contributed by atoms with Gasteiger partial charge in [0.2, 0.25) is 5.91 Å². The van der Waals surface area contributed by atoms with Crippen molar-refractivity contribution >= 4 is 52.6 Å². The quantitative estimate of drug-likeness (QED) is 0.639. The highest BCUT2D eigenvalue weighted by Crippen LogP contribution is 2.36. The van der Waals surface area contributed by atoms with Gasteiger partial charge in [0.15, 0.2) is 6.10 Å². The maximum atomic E-state index is 13.2. The molecule has 172 valence electrons. The summed E-state index contributed by atoms with van der Waals surface area (Å²) >= 11 is 12.2.